The lowest BCUT2D eigenvalue weighted by Gasteiger charge is -2.26. The second-order valence-corrected chi connectivity index (χ2v) is 10.8. The van der Waals surface area contributed by atoms with E-state index in [9.17, 15) is 0 Å². The molecule has 0 bridgehead atoms. The zero-order valence-electron chi connectivity index (χ0n) is 24.9. The number of rotatable bonds is 16. The summed E-state index contributed by atoms with van der Waals surface area (Å²) in [6, 6.07) is 19.7. The first-order chi connectivity index (χ1) is 18.5. The minimum absolute atomic E-state index is 0.113. The molecule has 2 aromatic carbocycles. The highest BCUT2D eigenvalue weighted by Gasteiger charge is 2.19. The molecule has 3 nitrogen and oxygen atoms in total. The molecule has 0 aliphatic carbocycles. The predicted molar refractivity (Wildman–Crippen MR) is 163 cm³/mol. The SMILES string of the molecule is CCCCCCCN(CCc1ccccc1)Cc1c(OC(C)C)cc(-c2c(CC)cccc2CC)nc1C. The van der Waals surface area contributed by atoms with Crippen LogP contribution in [-0.2, 0) is 25.8 Å². The Morgan fingerprint density at radius 3 is 2.13 bits per heavy atom. The number of aryl methyl sites for hydroxylation is 3. The summed E-state index contributed by atoms with van der Waals surface area (Å²) in [6.45, 7) is 16.2. The number of hydrogen-bond acceptors (Lipinski definition) is 3. The van der Waals surface area contributed by atoms with Crippen LogP contribution in [-0.4, -0.2) is 29.1 Å². The molecule has 206 valence electrons. The van der Waals surface area contributed by atoms with Gasteiger partial charge in [0.25, 0.3) is 0 Å². The molecule has 38 heavy (non-hydrogen) atoms. The summed E-state index contributed by atoms with van der Waals surface area (Å²) in [7, 11) is 0. The Hall–Kier alpha value is -2.65. The Morgan fingerprint density at radius 1 is 0.816 bits per heavy atom. The zero-order chi connectivity index (χ0) is 27.3. The van der Waals surface area contributed by atoms with E-state index in [1.54, 1.807) is 0 Å². The van der Waals surface area contributed by atoms with E-state index in [4.69, 9.17) is 9.72 Å². The van der Waals surface area contributed by atoms with Crippen molar-refractivity contribution < 1.29 is 4.74 Å². The van der Waals surface area contributed by atoms with Crippen molar-refractivity contribution in [1.82, 2.24) is 9.88 Å². The van der Waals surface area contributed by atoms with E-state index < -0.39 is 0 Å². The van der Waals surface area contributed by atoms with Crippen LogP contribution in [0.15, 0.2) is 54.6 Å². The Labute approximate surface area is 232 Å². The fourth-order valence-electron chi connectivity index (χ4n) is 5.29. The lowest BCUT2D eigenvalue weighted by molar-refractivity contribution is 0.224. The summed E-state index contributed by atoms with van der Waals surface area (Å²) in [6.07, 6.45) is 9.65. The van der Waals surface area contributed by atoms with Crippen molar-refractivity contribution in [2.24, 2.45) is 0 Å². The number of ether oxygens (including phenoxy) is 1. The average molecular weight is 515 g/mol. The Kier molecular flexibility index (Phi) is 12.3. The minimum atomic E-state index is 0.113. The van der Waals surface area contributed by atoms with Crippen molar-refractivity contribution in [3.63, 3.8) is 0 Å². The van der Waals surface area contributed by atoms with Gasteiger partial charge in [-0.3, -0.25) is 9.88 Å². The highest BCUT2D eigenvalue weighted by molar-refractivity contribution is 5.70. The minimum Gasteiger partial charge on any atom is -0.491 e. The topological polar surface area (TPSA) is 25.4 Å². The van der Waals surface area contributed by atoms with E-state index in [0.29, 0.717) is 0 Å². The van der Waals surface area contributed by atoms with Crippen LogP contribution in [0, 0.1) is 6.92 Å². The molecular weight excluding hydrogens is 464 g/mol. The third-order valence-corrected chi connectivity index (χ3v) is 7.43. The summed E-state index contributed by atoms with van der Waals surface area (Å²) in [4.78, 5) is 7.83. The molecule has 0 saturated heterocycles. The monoisotopic (exact) mass is 514 g/mol. The number of nitrogens with zero attached hydrogens (tertiary/aromatic N) is 2. The molecular formula is C35H50N2O. The number of hydrogen-bond donors (Lipinski definition) is 0. The highest BCUT2D eigenvalue weighted by atomic mass is 16.5. The molecule has 0 aliphatic rings. The summed E-state index contributed by atoms with van der Waals surface area (Å²) in [5.74, 6) is 0.992. The van der Waals surface area contributed by atoms with E-state index in [0.717, 1.165) is 56.0 Å². The van der Waals surface area contributed by atoms with Gasteiger partial charge in [-0.2, -0.15) is 0 Å². The largest absolute Gasteiger partial charge is 0.491 e. The fraction of sp³-hybridized carbons (Fsp3) is 0.514. The second kappa shape index (κ2) is 15.7. The van der Waals surface area contributed by atoms with Crippen molar-refractivity contribution in [3.05, 3.63) is 82.5 Å². The van der Waals surface area contributed by atoms with Crippen LogP contribution < -0.4 is 4.74 Å². The van der Waals surface area contributed by atoms with Gasteiger partial charge in [-0.25, -0.2) is 0 Å². The van der Waals surface area contributed by atoms with Crippen LogP contribution in [0.4, 0.5) is 0 Å². The van der Waals surface area contributed by atoms with Gasteiger partial charge in [-0.1, -0.05) is 95.0 Å². The normalized spacial score (nSPS) is 11.5. The van der Waals surface area contributed by atoms with E-state index >= 15 is 0 Å². The van der Waals surface area contributed by atoms with E-state index in [2.05, 4.69) is 101 Å². The maximum atomic E-state index is 6.49. The Bertz CT molecular complexity index is 1080. The molecule has 0 atom stereocenters. The fourth-order valence-corrected chi connectivity index (χ4v) is 5.29. The van der Waals surface area contributed by atoms with Crippen molar-refractivity contribution >= 4 is 0 Å². The number of pyridine rings is 1. The van der Waals surface area contributed by atoms with Gasteiger partial charge in [0, 0.05) is 36.0 Å². The van der Waals surface area contributed by atoms with E-state index in [1.165, 1.54) is 59.9 Å². The van der Waals surface area contributed by atoms with Crippen molar-refractivity contribution in [2.75, 3.05) is 13.1 Å². The summed E-state index contributed by atoms with van der Waals surface area (Å²) in [5, 5.41) is 0. The van der Waals surface area contributed by atoms with Crippen molar-refractivity contribution in [3.8, 4) is 17.0 Å². The first-order valence-corrected chi connectivity index (χ1v) is 15.0. The zero-order valence-corrected chi connectivity index (χ0v) is 24.9. The van der Waals surface area contributed by atoms with Gasteiger partial charge < -0.3 is 4.74 Å². The van der Waals surface area contributed by atoms with Crippen LogP contribution in [0.2, 0.25) is 0 Å². The van der Waals surface area contributed by atoms with Gasteiger partial charge in [0.15, 0.2) is 0 Å². The molecule has 0 unspecified atom stereocenters. The van der Waals surface area contributed by atoms with Gasteiger partial charge in [-0.15, -0.1) is 0 Å². The van der Waals surface area contributed by atoms with Gasteiger partial charge in [0.2, 0.25) is 0 Å². The molecule has 0 amide bonds. The number of aromatic nitrogens is 1. The second-order valence-electron chi connectivity index (χ2n) is 10.8. The van der Waals surface area contributed by atoms with Crippen LogP contribution in [0.25, 0.3) is 11.3 Å². The maximum Gasteiger partial charge on any atom is 0.128 e. The molecule has 3 aromatic rings. The van der Waals surface area contributed by atoms with Gasteiger partial charge in [0.1, 0.15) is 5.75 Å². The summed E-state index contributed by atoms with van der Waals surface area (Å²) in [5.41, 5.74) is 8.77. The molecule has 0 N–H and O–H groups in total. The van der Waals surface area contributed by atoms with Crippen molar-refractivity contribution in [2.45, 2.75) is 106 Å². The lowest BCUT2D eigenvalue weighted by Crippen LogP contribution is -2.28. The average Bonchev–Trinajstić information content (AvgIpc) is 2.92. The smallest absolute Gasteiger partial charge is 0.128 e. The standard InChI is InChI=1S/C35H50N2O/c1-7-10-11-12-16-23-37(24-22-29-18-14-13-15-19-29)26-32-28(6)36-33(25-34(32)38-27(4)5)35-30(8-2)20-17-21-31(35)9-3/h13-15,17-21,25,27H,7-12,16,22-24,26H2,1-6H3. The Morgan fingerprint density at radius 2 is 1.50 bits per heavy atom. The number of benzene rings is 2. The first kappa shape index (κ1) is 29.9. The molecule has 3 rings (SSSR count). The summed E-state index contributed by atoms with van der Waals surface area (Å²) < 4.78 is 6.49. The molecule has 0 fully saturated rings. The van der Waals surface area contributed by atoms with Crippen LogP contribution in [0.1, 0.15) is 94.7 Å². The predicted octanol–water partition coefficient (Wildman–Crippen LogP) is 8.98. The van der Waals surface area contributed by atoms with Crippen LogP contribution in [0.3, 0.4) is 0 Å². The van der Waals surface area contributed by atoms with Gasteiger partial charge in [0.05, 0.1) is 11.8 Å². The molecule has 0 spiro atoms. The molecule has 1 aromatic heterocycles. The van der Waals surface area contributed by atoms with Crippen LogP contribution >= 0.6 is 0 Å². The first-order valence-electron chi connectivity index (χ1n) is 15.0. The van der Waals surface area contributed by atoms with Crippen molar-refractivity contribution in [1.29, 1.82) is 0 Å². The quantitative estimate of drug-likeness (QED) is 0.178. The molecule has 0 aliphatic heterocycles. The Balaban J connectivity index is 1.92. The summed E-state index contributed by atoms with van der Waals surface area (Å²) >= 11 is 0. The lowest BCUT2D eigenvalue weighted by atomic mass is 9.94. The van der Waals surface area contributed by atoms with E-state index in [-0.39, 0.29) is 6.10 Å². The van der Waals surface area contributed by atoms with Gasteiger partial charge >= 0.3 is 0 Å². The molecule has 0 radical (unpaired) electrons. The maximum absolute atomic E-state index is 6.49. The van der Waals surface area contributed by atoms with Gasteiger partial charge in [-0.05, 0) is 69.7 Å². The molecule has 3 heteroatoms. The third-order valence-electron chi connectivity index (χ3n) is 7.43. The highest BCUT2D eigenvalue weighted by Crippen LogP contribution is 2.34. The van der Waals surface area contributed by atoms with E-state index in [1.807, 2.05) is 0 Å². The molecule has 1 heterocycles. The molecule has 0 saturated carbocycles. The number of unbranched alkanes of at least 4 members (excludes halogenated alkanes) is 4. The third kappa shape index (κ3) is 8.70. The van der Waals surface area contributed by atoms with Crippen LogP contribution in [0.5, 0.6) is 5.75 Å².